The fraction of sp³-hybridized carbons (Fsp3) is 0.304. The van der Waals surface area contributed by atoms with Crippen LogP contribution in [0.15, 0.2) is 59.8 Å². The maximum absolute atomic E-state index is 12.3. The van der Waals surface area contributed by atoms with E-state index in [1.54, 1.807) is 7.11 Å². The van der Waals surface area contributed by atoms with Crippen LogP contribution in [0.1, 0.15) is 19.4 Å². The number of hydrogen-bond acceptors (Lipinski definition) is 6. The maximum Gasteiger partial charge on any atom is 0.321 e. The van der Waals surface area contributed by atoms with Gasteiger partial charge in [-0.25, -0.2) is 4.79 Å². The molecular formula is C23H27N5O3S. The molecule has 32 heavy (non-hydrogen) atoms. The Hall–Kier alpha value is -3.33. The summed E-state index contributed by atoms with van der Waals surface area (Å²) in [5.74, 6) is 1.51. The Morgan fingerprint density at radius 3 is 2.44 bits per heavy atom. The molecule has 0 aliphatic carbocycles. The zero-order chi connectivity index (χ0) is 22.9. The molecule has 2 N–H and O–H groups in total. The van der Waals surface area contributed by atoms with E-state index in [1.165, 1.54) is 11.8 Å². The van der Waals surface area contributed by atoms with Gasteiger partial charge in [0.2, 0.25) is 5.91 Å². The van der Waals surface area contributed by atoms with E-state index >= 15 is 0 Å². The summed E-state index contributed by atoms with van der Waals surface area (Å²) in [6.45, 7) is 5.27. The normalized spacial score (nSPS) is 10.8. The molecule has 1 aromatic heterocycles. The van der Waals surface area contributed by atoms with Gasteiger partial charge in [0.15, 0.2) is 11.0 Å². The molecule has 3 rings (SSSR count). The van der Waals surface area contributed by atoms with Gasteiger partial charge in [-0.2, -0.15) is 0 Å². The number of aromatic nitrogens is 3. The molecule has 1 heterocycles. The third kappa shape index (κ3) is 6.58. The highest BCUT2D eigenvalue weighted by Crippen LogP contribution is 2.26. The fourth-order valence-electron chi connectivity index (χ4n) is 2.99. The summed E-state index contributed by atoms with van der Waals surface area (Å²) in [6.07, 6.45) is 0. The van der Waals surface area contributed by atoms with Crippen LogP contribution in [0.5, 0.6) is 5.75 Å². The molecule has 168 valence electrons. The van der Waals surface area contributed by atoms with E-state index < -0.39 is 11.9 Å². The van der Waals surface area contributed by atoms with E-state index in [9.17, 15) is 9.59 Å². The minimum atomic E-state index is -0.526. The van der Waals surface area contributed by atoms with Crippen LogP contribution in [0.2, 0.25) is 0 Å². The average Bonchev–Trinajstić information content (AvgIpc) is 3.18. The molecule has 0 spiro atoms. The lowest BCUT2D eigenvalue weighted by Gasteiger charge is -2.13. The number of imide groups is 1. The van der Waals surface area contributed by atoms with Gasteiger partial charge in [0.1, 0.15) is 5.75 Å². The summed E-state index contributed by atoms with van der Waals surface area (Å²) >= 11 is 1.25. The van der Waals surface area contributed by atoms with Crippen LogP contribution in [-0.2, 0) is 17.9 Å². The number of urea groups is 1. The first-order valence-electron chi connectivity index (χ1n) is 10.3. The lowest BCUT2D eigenvalue weighted by Crippen LogP contribution is -2.40. The molecule has 8 nitrogen and oxygen atoms in total. The quantitative estimate of drug-likeness (QED) is 0.479. The molecule has 9 heteroatoms. The second kappa shape index (κ2) is 11.3. The number of hydrogen-bond donors (Lipinski definition) is 2. The second-order valence-electron chi connectivity index (χ2n) is 7.54. The minimum absolute atomic E-state index is 0.0532. The smallest absolute Gasteiger partial charge is 0.321 e. The van der Waals surface area contributed by atoms with E-state index in [-0.39, 0.29) is 5.75 Å². The number of rotatable bonds is 9. The summed E-state index contributed by atoms with van der Waals surface area (Å²) in [5.41, 5.74) is 1.87. The zero-order valence-electron chi connectivity index (χ0n) is 18.4. The maximum atomic E-state index is 12.3. The predicted octanol–water partition coefficient (Wildman–Crippen LogP) is 3.73. The SMILES string of the molecule is COc1ccc(-c2nnc(SCC(=O)NC(=O)NCc3ccccc3)n2CC(C)C)cc1. The van der Waals surface area contributed by atoms with Crippen LogP contribution < -0.4 is 15.4 Å². The first kappa shape index (κ1) is 23.3. The topological polar surface area (TPSA) is 98.1 Å². The Balaban J connectivity index is 1.60. The van der Waals surface area contributed by atoms with Crippen molar-refractivity contribution in [1.82, 2.24) is 25.4 Å². The van der Waals surface area contributed by atoms with Crippen molar-refractivity contribution in [3.05, 3.63) is 60.2 Å². The van der Waals surface area contributed by atoms with Gasteiger partial charge >= 0.3 is 6.03 Å². The van der Waals surface area contributed by atoms with Crippen molar-refractivity contribution < 1.29 is 14.3 Å². The van der Waals surface area contributed by atoms with Gasteiger partial charge in [-0.1, -0.05) is 55.9 Å². The van der Waals surface area contributed by atoms with Crippen molar-refractivity contribution in [2.75, 3.05) is 12.9 Å². The van der Waals surface area contributed by atoms with Crippen LogP contribution in [0.4, 0.5) is 4.79 Å². The number of carbonyl (C=O) groups is 2. The Kier molecular flexibility index (Phi) is 8.27. The first-order valence-corrected chi connectivity index (χ1v) is 11.3. The molecular weight excluding hydrogens is 426 g/mol. The average molecular weight is 454 g/mol. The van der Waals surface area contributed by atoms with Gasteiger partial charge in [0.25, 0.3) is 0 Å². The van der Waals surface area contributed by atoms with Gasteiger partial charge < -0.3 is 14.6 Å². The number of amides is 3. The molecule has 0 aliphatic rings. The fourth-order valence-corrected chi connectivity index (χ4v) is 3.74. The van der Waals surface area contributed by atoms with E-state index in [2.05, 4.69) is 34.7 Å². The number of nitrogens with zero attached hydrogens (tertiary/aromatic N) is 3. The first-order chi connectivity index (χ1) is 15.5. The second-order valence-corrected chi connectivity index (χ2v) is 8.49. The Labute approximate surface area is 191 Å². The third-order valence-corrected chi connectivity index (χ3v) is 5.46. The van der Waals surface area contributed by atoms with Gasteiger partial charge in [-0.15, -0.1) is 10.2 Å². The Bertz CT molecular complexity index is 1040. The highest BCUT2D eigenvalue weighted by Gasteiger charge is 2.17. The van der Waals surface area contributed by atoms with Crippen molar-refractivity contribution in [2.24, 2.45) is 5.92 Å². The molecule has 3 amide bonds. The number of benzene rings is 2. The standard InChI is InChI=1S/C23H27N5O3S/c1-16(2)14-28-21(18-9-11-19(31-3)12-10-18)26-27-23(28)32-15-20(29)25-22(30)24-13-17-7-5-4-6-8-17/h4-12,16H,13-15H2,1-3H3,(H2,24,25,29,30). The highest BCUT2D eigenvalue weighted by atomic mass is 32.2. The van der Waals surface area contributed by atoms with Crippen LogP contribution in [0.25, 0.3) is 11.4 Å². The molecule has 0 atom stereocenters. The van der Waals surface area contributed by atoms with Crippen molar-refractivity contribution in [3.63, 3.8) is 0 Å². The predicted molar refractivity (Wildman–Crippen MR) is 124 cm³/mol. The van der Waals surface area contributed by atoms with Crippen LogP contribution in [0, 0.1) is 5.92 Å². The van der Waals surface area contributed by atoms with E-state index in [0.29, 0.717) is 24.2 Å². The monoisotopic (exact) mass is 453 g/mol. The van der Waals surface area contributed by atoms with Gasteiger partial charge in [0, 0.05) is 18.7 Å². The van der Waals surface area contributed by atoms with E-state index in [4.69, 9.17) is 4.74 Å². The summed E-state index contributed by atoms with van der Waals surface area (Å²) < 4.78 is 7.22. The summed E-state index contributed by atoms with van der Waals surface area (Å²) in [5, 5.41) is 14.3. The molecule has 0 saturated heterocycles. The summed E-state index contributed by atoms with van der Waals surface area (Å²) in [4.78, 5) is 24.3. The largest absolute Gasteiger partial charge is 0.497 e. The number of methoxy groups -OCH3 is 1. The zero-order valence-corrected chi connectivity index (χ0v) is 19.2. The molecule has 2 aromatic carbocycles. The summed E-state index contributed by atoms with van der Waals surface area (Å²) in [7, 11) is 1.62. The number of ether oxygens (including phenoxy) is 1. The number of thioether (sulfide) groups is 1. The van der Waals surface area contributed by atoms with Gasteiger partial charge in [0.05, 0.1) is 12.9 Å². The van der Waals surface area contributed by atoms with E-state index in [1.807, 2.05) is 59.2 Å². The lowest BCUT2D eigenvalue weighted by molar-refractivity contribution is -0.117. The molecule has 0 bridgehead atoms. The van der Waals surface area contributed by atoms with Gasteiger partial charge in [-0.05, 0) is 35.7 Å². The lowest BCUT2D eigenvalue weighted by atomic mass is 10.2. The van der Waals surface area contributed by atoms with Crippen molar-refractivity contribution in [1.29, 1.82) is 0 Å². The van der Waals surface area contributed by atoms with Crippen LogP contribution >= 0.6 is 11.8 Å². The van der Waals surface area contributed by atoms with Crippen molar-refractivity contribution in [3.8, 4) is 17.1 Å². The molecule has 0 fully saturated rings. The number of nitrogens with one attached hydrogen (secondary N) is 2. The van der Waals surface area contributed by atoms with Crippen LogP contribution in [-0.4, -0.2) is 39.6 Å². The van der Waals surface area contributed by atoms with Gasteiger partial charge in [-0.3, -0.25) is 10.1 Å². The van der Waals surface area contributed by atoms with Crippen molar-refractivity contribution >= 4 is 23.7 Å². The molecule has 3 aromatic rings. The molecule has 0 saturated carbocycles. The number of carbonyl (C=O) groups excluding carboxylic acids is 2. The highest BCUT2D eigenvalue weighted by molar-refractivity contribution is 7.99. The Morgan fingerprint density at radius 2 is 1.78 bits per heavy atom. The van der Waals surface area contributed by atoms with Crippen LogP contribution in [0.3, 0.4) is 0 Å². The third-order valence-electron chi connectivity index (χ3n) is 4.49. The minimum Gasteiger partial charge on any atom is -0.497 e. The summed E-state index contributed by atoms with van der Waals surface area (Å²) in [6, 6.07) is 16.6. The Morgan fingerprint density at radius 1 is 1.06 bits per heavy atom. The molecule has 0 unspecified atom stereocenters. The van der Waals surface area contributed by atoms with Crippen molar-refractivity contribution in [2.45, 2.75) is 32.1 Å². The van der Waals surface area contributed by atoms with E-state index in [0.717, 1.165) is 22.7 Å². The molecule has 0 aliphatic heterocycles. The molecule has 0 radical (unpaired) electrons.